The Kier molecular flexibility index (Phi) is 19.6. The van der Waals surface area contributed by atoms with Crippen molar-refractivity contribution in [3.8, 4) is 11.5 Å². The van der Waals surface area contributed by atoms with Crippen LogP contribution in [0.5, 0.6) is 11.5 Å². The van der Waals surface area contributed by atoms with E-state index in [0.29, 0.717) is 11.1 Å². The smallest absolute Gasteiger partial charge is 0.329 e. The van der Waals surface area contributed by atoms with Crippen molar-refractivity contribution in [3.05, 3.63) is 71.8 Å². The first-order valence-electron chi connectivity index (χ1n) is 20.1. The second-order valence-corrected chi connectivity index (χ2v) is 16.1. The lowest BCUT2D eigenvalue weighted by molar-refractivity contribution is -0.149. The quantitative estimate of drug-likeness (QED) is 0.0475. The van der Waals surface area contributed by atoms with Gasteiger partial charge in [0.05, 0.1) is 6.04 Å². The highest BCUT2D eigenvalue weighted by molar-refractivity contribution is 7.81. The second-order valence-electron chi connectivity index (χ2n) is 15.5. The van der Waals surface area contributed by atoms with Crippen LogP contribution >= 0.6 is 12.6 Å². The van der Waals surface area contributed by atoms with Crippen LogP contribution in [-0.2, 0) is 46.3 Å². The van der Waals surface area contributed by atoms with Crippen molar-refractivity contribution in [2.24, 2.45) is 11.8 Å². The van der Waals surface area contributed by atoms with Crippen LogP contribution in [0.25, 0.3) is 0 Å². The predicted octanol–water partition coefficient (Wildman–Crippen LogP) is 3.78. The summed E-state index contributed by atoms with van der Waals surface area (Å²) < 4.78 is 5.67. The number of benzene rings is 2. The van der Waals surface area contributed by atoms with E-state index in [9.17, 15) is 39.0 Å². The molecule has 0 radical (unpaired) electrons. The number of carbonyl (C=O) groups is 6. The normalized spacial score (nSPS) is 20.2. The number of phenols is 2. The van der Waals surface area contributed by atoms with E-state index in [1.54, 1.807) is 58.0 Å². The van der Waals surface area contributed by atoms with Gasteiger partial charge in [-0.1, -0.05) is 90.3 Å². The Balaban J connectivity index is 1.80. The number of nitrogens with one attached hydrogen (secondary N) is 5. The van der Waals surface area contributed by atoms with E-state index >= 15 is 0 Å². The number of unbranched alkanes of at least 4 members (excludes halogenated alkanes) is 4. The van der Waals surface area contributed by atoms with Crippen molar-refractivity contribution >= 4 is 48.1 Å². The molecule has 1 aliphatic rings. The predicted molar refractivity (Wildman–Crippen MR) is 224 cm³/mol. The van der Waals surface area contributed by atoms with Gasteiger partial charge in [-0.3, -0.25) is 24.0 Å². The summed E-state index contributed by atoms with van der Waals surface area (Å²) in [5.41, 5.74) is 1.29. The average molecular weight is 824 g/mol. The Morgan fingerprint density at radius 3 is 2.10 bits per heavy atom. The molecular weight excluding hydrogens is 763 g/mol. The largest absolute Gasteiger partial charge is 0.508 e. The molecule has 0 saturated carbocycles. The molecule has 318 valence electrons. The standard InChI is InChI=1S/C43H61N5O9S/c1-6-7-8-9-10-11-12-13-36(51)44-32(22-28-14-18-30(49)19-15-28)40(53)48-39(27(4)5)42(55)46-34-25-57-43(56)33(23-29-16-20-31(50)21-17-29)45-41(54)38(26(2)3)47-37(52)24-35(34)58/h11-12,14-21,26-27,32-35,38-39,49-50,58H,6-10,13,22-25H2,1-5H3,(H,44,51)(H,45,54)(H,46,55)(H,47,52)(H,48,53)/b12-11-/t32-,33-,34-,35+,38-,39-/m0/s1. The van der Waals surface area contributed by atoms with Crippen molar-refractivity contribution in [1.82, 2.24) is 26.6 Å². The first-order chi connectivity index (χ1) is 27.6. The topological polar surface area (TPSA) is 212 Å². The van der Waals surface area contributed by atoms with Crippen LogP contribution in [0.2, 0.25) is 0 Å². The zero-order valence-electron chi connectivity index (χ0n) is 34.2. The Hall–Kier alpha value is -5.05. The Bertz CT molecular complexity index is 1700. The molecule has 0 unspecified atom stereocenters. The van der Waals surface area contributed by atoms with Gasteiger partial charge in [-0.05, 0) is 60.1 Å². The molecule has 1 heterocycles. The number of cyclic esters (lactones) is 1. The number of rotatable bonds is 18. The Morgan fingerprint density at radius 2 is 1.50 bits per heavy atom. The molecular formula is C43H61N5O9S. The minimum absolute atomic E-state index is 0.0174. The highest BCUT2D eigenvalue weighted by atomic mass is 32.1. The number of phenolic OH excluding ortho intramolecular Hbond substituents is 2. The zero-order valence-corrected chi connectivity index (χ0v) is 35.1. The fourth-order valence-corrected chi connectivity index (χ4v) is 6.66. The zero-order chi connectivity index (χ0) is 42.8. The molecule has 5 amide bonds. The molecule has 58 heavy (non-hydrogen) atoms. The molecule has 0 aromatic heterocycles. The Morgan fingerprint density at radius 1 is 0.862 bits per heavy atom. The van der Waals surface area contributed by atoms with Gasteiger partial charge in [0.25, 0.3) is 0 Å². The van der Waals surface area contributed by atoms with E-state index in [-0.39, 0.29) is 49.0 Å². The fraction of sp³-hybridized carbons (Fsp3) is 0.535. The van der Waals surface area contributed by atoms with Crippen LogP contribution in [0.4, 0.5) is 0 Å². The number of aromatic hydroxyl groups is 2. The van der Waals surface area contributed by atoms with Crippen LogP contribution in [-0.4, -0.2) is 87.8 Å². The van der Waals surface area contributed by atoms with Crippen LogP contribution in [0.15, 0.2) is 60.7 Å². The van der Waals surface area contributed by atoms with Gasteiger partial charge in [0.1, 0.15) is 42.3 Å². The molecule has 0 aliphatic carbocycles. The number of hydrogen-bond donors (Lipinski definition) is 8. The summed E-state index contributed by atoms with van der Waals surface area (Å²) in [4.78, 5) is 81.1. The van der Waals surface area contributed by atoms with Gasteiger partial charge in [0.15, 0.2) is 0 Å². The van der Waals surface area contributed by atoms with E-state index in [2.05, 4.69) is 46.1 Å². The molecule has 0 spiro atoms. The van der Waals surface area contributed by atoms with Crippen molar-refractivity contribution in [2.75, 3.05) is 6.61 Å². The third-order valence-corrected chi connectivity index (χ3v) is 10.3. The van der Waals surface area contributed by atoms with E-state index < -0.39 is 77.6 Å². The number of esters is 1. The lowest BCUT2D eigenvalue weighted by Gasteiger charge is -2.31. The number of carbonyl (C=O) groups excluding carboxylic acids is 6. The highest BCUT2D eigenvalue weighted by Crippen LogP contribution is 2.17. The first-order valence-corrected chi connectivity index (χ1v) is 20.6. The molecule has 1 saturated heterocycles. The molecule has 15 heteroatoms. The van der Waals surface area contributed by atoms with Gasteiger partial charge in [0, 0.05) is 30.9 Å². The Labute approximate surface area is 347 Å². The SMILES string of the molecule is CCCCCC/C=C\CC(=O)N[C@@H](Cc1ccc(O)cc1)C(=O)N[C@H](C(=O)N[C@H]1COC(=O)[C@H](Cc2ccc(O)cc2)NC(=O)[C@H](C(C)C)NC(=O)C[C@H]1S)C(C)C. The maximum absolute atomic E-state index is 14.0. The maximum atomic E-state index is 14.0. The minimum Gasteiger partial charge on any atom is -0.508 e. The van der Waals surface area contributed by atoms with E-state index in [1.165, 1.54) is 24.3 Å². The van der Waals surface area contributed by atoms with Gasteiger partial charge < -0.3 is 41.5 Å². The van der Waals surface area contributed by atoms with Crippen molar-refractivity contribution in [1.29, 1.82) is 0 Å². The summed E-state index contributed by atoms with van der Waals surface area (Å²) in [6.45, 7) is 8.70. The fourth-order valence-electron chi connectivity index (χ4n) is 6.33. The molecule has 3 rings (SSSR count). The number of thiol groups is 1. The lowest BCUT2D eigenvalue weighted by atomic mass is 9.99. The third-order valence-electron chi connectivity index (χ3n) is 9.80. The number of ether oxygens (including phenoxy) is 1. The summed E-state index contributed by atoms with van der Waals surface area (Å²) in [7, 11) is 0. The molecule has 2 aromatic rings. The van der Waals surface area contributed by atoms with Crippen LogP contribution < -0.4 is 26.6 Å². The summed E-state index contributed by atoms with van der Waals surface area (Å²) in [5.74, 6) is -4.22. The number of amides is 5. The second kappa shape index (κ2) is 24.0. The molecule has 1 fully saturated rings. The molecule has 7 N–H and O–H groups in total. The molecule has 0 bridgehead atoms. The van der Waals surface area contributed by atoms with Crippen LogP contribution in [0.3, 0.4) is 0 Å². The van der Waals surface area contributed by atoms with Crippen molar-refractivity contribution < 1.29 is 43.7 Å². The molecule has 1 aliphatic heterocycles. The lowest BCUT2D eigenvalue weighted by Crippen LogP contribution is -2.59. The maximum Gasteiger partial charge on any atom is 0.329 e. The van der Waals surface area contributed by atoms with Gasteiger partial charge in [-0.2, -0.15) is 12.6 Å². The van der Waals surface area contributed by atoms with Crippen molar-refractivity contribution in [3.63, 3.8) is 0 Å². The monoisotopic (exact) mass is 823 g/mol. The number of allylic oxidation sites excluding steroid dienone is 1. The third kappa shape index (κ3) is 16.1. The van der Waals surface area contributed by atoms with Gasteiger partial charge in [0.2, 0.25) is 29.5 Å². The van der Waals surface area contributed by atoms with E-state index in [4.69, 9.17) is 4.74 Å². The summed E-state index contributed by atoms with van der Waals surface area (Å²) in [6, 6.07) is 7.01. The van der Waals surface area contributed by atoms with Crippen molar-refractivity contribution in [2.45, 2.75) is 128 Å². The molecule has 2 aromatic carbocycles. The minimum atomic E-state index is -1.17. The van der Waals surface area contributed by atoms with Gasteiger partial charge in [-0.15, -0.1) is 0 Å². The number of hydrogen-bond acceptors (Lipinski definition) is 10. The first kappa shape index (κ1) is 47.3. The summed E-state index contributed by atoms with van der Waals surface area (Å²) >= 11 is 4.63. The highest BCUT2D eigenvalue weighted by Gasteiger charge is 2.35. The van der Waals surface area contributed by atoms with Gasteiger partial charge in [-0.25, -0.2) is 4.79 Å². The molecule has 6 atom stereocenters. The molecule has 14 nitrogen and oxygen atoms in total. The average Bonchev–Trinajstić information content (AvgIpc) is 3.17. The van der Waals surface area contributed by atoms with Crippen LogP contribution in [0.1, 0.15) is 90.7 Å². The van der Waals surface area contributed by atoms with E-state index in [0.717, 1.165) is 32.1 Å². The van der Waals surface area contributed by atoms with E-state index in [1.807, 2.05) is 6.08 Å². The van der Waals surface area contributed by atoms with Gasteiger partial charge >= 0.3 is 5.97 Å². The summed E-state index contributed by atoms with van der Waals surface area (Å²) in [6.07, 6.45) is 8.92. The van der Waals surface area contributed by atoms with Crippen LogP contribution in [0, 0.1) is 11.8 Å². The summed E-state index contributed by atoms with van der Waals surface area (Å²) in [5, 5.41) is 32.5.